The second-order valence-electron chi connectivity index (χ2n) is 7.98. The maximum atomic E-state index is 13.3. The second-order valence-corrected chi connectivity index (χ2v) is 10.2. The van der Waals surface area contributed by atoms with Gasteiger partial charge in [-0.1, -0.05) is 54.1 Å². The van der Waals surface area contributed by atoms with Crippen LogP contribution in [0.25, 0.3) is 0 Å². The smallest absolute Gasteiger partial charge is 0.283 e. The summed E-state index contributed by atoms with van der Waals surface area (Å²) in [5.41, 5.74) is -0.301. The molecule has 1 aliphatic rings. The first-order valence-corrected chi connectivity index (χ1v) is 11.6. The molecule has 2 aromatic rings. The monoisotopic (exact) mass is 448 g/mol. The Morgan fingerprint density at radius 1 is 1.07 bits per heavy atom. The molecule has 30 heavy (non-hydrogen) atoms. The number of benzene rings is 2. The molecule has 160 valence electrons. The van der Waals surface area contributed by atoms with Crippen molar-refractivity contribution < 1.29 is 17.9 Å². The fraction of sp³-hybridized carbons (Fsp3) is 0.364. The third-order valence-electron chi connectivity index (χ3n) is 4.59. The number of hydrogen-bond donors (Lipinski definition) is 0. The number of amides is 1. The third-order valence-corrected chi connectivity index (χ3v) is 7.22. The number of carbonyl (C=O) groups is 1. The summed E-state index contributed by atoms with van der Waals surface area (Å²) in [6.45, 7) is 5.71. The van der Waals surface area contributed by atoms with E-state index in [1.807, 2.05) is 12.1 Å². The van der Waals surface area contributed by atoms with Crippen molar-refractivity contribution in [3.63, 3.8) is 0 Å². The molecule has 1 aliphatic heterocycles. The number of hydrogen-bond acceptors (Lipinski definition) is 5. The van der Waals surface area contributed by atoms with Crippen molar-refractivity contribution in [1.82, 2.24) is 4.31 Å². The van der Waals surface area contributed by atoms with Crippen LogP contribution < -0.4 is 4.74 Å². The van der Waals surface area contributed by atoms with Gasteiger partial charge in [0.25, 0.3) is 15.9 Å². The summed E-state index contributed by atoms with van der Waals surface area (Å²) in [4.78, 5) is 17.5. The van der Waals surface area contributed by atoms with E-state index in [4.69, 9.17) is 16.3 Å². The quantitative estimate of drug-likeness (QED) is 0.618. The molecule has 1 saturated heterocycles. The zero-order chi connectivity index (χ0) is 21.9. The van der Waals surface area contributed by atoms with E-state index in [0.717, 1.165) is 4.31 Å². The molecule has 2 aromatic carbocycles. The molecule has 1 amide bonds. The van der Waals surface area contributed by atoms with Gasteiger partial charge in [-0.15, -0.1) is 0 Å². The van der Waals surface area contributed by atoms with Gasteiger partial charge in [-0.2, -0.15) is 0 Å². The third kappa shape index (κ3) is 4.52. The number of sulfonamides is 1. The predicted octanol–water partition coefficient (Wildman–Crippen LogP) is 4.26. The number of ether oxygens (including phenoxy) is 1. The standard InChI is InChI=1S/C22H25ClN2O4S/c1-22(2,3)25-21(26)19(20(30(25,27)28)16-10-5-4-6-11-16)24-14-9-15-29-18-13-8-7-12-17(18)23/h4-8,10-13,20H,9,14-15H2,1-3H3. The fourth-order valence-corrected chi connectivity index (χ4v) is 5.83. The highest BCUT2D eigenvalue weighted by Gasteiger charge is 2.54. The number of halogens is 1. The first-order chi connectivity index (χ1) is 14.1. The van der Waals surface area contributed by atoms with E-state index >= 15 is 0 Å². The van der Waals surface area contributed by atoms with Crippen molar-refractivity contribution in [2.24, 2.45) is 4.99 Å². The Bertz CT molecular complexity index is 1050. The van der Waals surface area contributed by atoms with Crippen LogP contribution in [-0.2, 0) is 14.8 Å². The average Bonchev–Trinajstić information content (AvgIpc) is 2.88. The molecular weight excluding hydrogens is 424 g/mol. The number of nitrogens with zero attached hydrogens (tertiary/aromatic N) is 2. The van der Waals surface area contributed by atoms with E-state index in [-0.39, 0.29) is 12.3 Å². The van der Waals surface area contributed by atoms with Crippen LogP contribution in [0.15, 0.2) is 59.6 Å². The minimum Gasteiger partial charge on any atom is -0.492 e. The number of rotatable bonds is 6. The highest BCUT2D eigenvalue weighted by Crippen LogP contribution is 2.38. The Balaban J connectivity index is 1.81. The Morgan fingerprint density at radius 3 is 2.33 bits per heavy atom. The molecule has 1 fully saturated rings. The van der Waals surface area contributed by atoms with Gasteiger partial charge >= 0.3 is 0 Å². The number of para-hydroxylation sites is 1. The van der Waals surface area contributed by atoms with Gasteiger partial charge in [-0.05, 0) is 38.5 Å². The van der Waals surface area contributed by atoms with Crippen molar-refractivity contribution in [2.75, 3.05) is 13.2 Å². The summed E-state index contributed by atoms with van der Waals surface area (Å²) in [7, 11) is -3.92. The second kappa shape index (κ2) is 8.78. The van der Waals surface area contributed by atoms with Gasteiger partial charge in [0.15, 0.2) is 5.25 Å². The molecule has 0 N–H and O–H groups in total. The zero-order valence-corrected chi connectivity index (χ0v) is 18.8. The lowest BCUT2D eigenvalue weighted by Gasteiger charge is -2.30. The lowest BCUT2D eigenvalue weighted by Crippen LogP contribution is -2.45. The molecule has 0 bridgehead atoms. The van der Waals surface area contributed by atoms with E-state index < -0.39 is 26.7 Å². The molecule has 0 aromatic heterocycles. The number of aliphatic imine (C=N–C) groups is 1. The summed E-state index contributed by atoms with van der Waals surface area (Å²) in [5.74, 6) is 0.00999. The van der Waals surface area contributed by atoms with Gasteiger partial charge < -0.3 is 4.74 Å². The molecular formula is C22H25ClN2O4S. The Hall–Kier alpha value is -2.38. The molecule has 0 aliphatic carbocycles. The Morgan fingerprint density at radius 2 is 1.70 bits per heavy atom. The lowest BCUT2D eigenvalue weighted by atomic mass is 10.1. The minimum atomic E-state index is -3.92. The largest absolute Gasteiger partial charge is 0.492 e. The van der Waals surface area contributed by atoms with Crippen LogP contribution in [0.1, 0.15) is 38.0 Å². The summed E-state index contributed by atoms with van der Waals surface area (Å²) in [6.07, 6.45) is 0.513. The van der Waals surface area contributed by atoms with E-state index in [2.05, 4.69) is 4.99 Å². The maximum absolute atomic E-state index is 13.3. The summed E-state index contributed by atoms with van der Waals surface area (Å²) in [6, 6.07) is 15.9. The van der Waals surface area contributed by atoms with Gasteiger partial charge in [-0.3, -0.25) is 9.79 Å². The van der Waals surface area contributed by atoms with Crippen LogP contribution in [0.4, 0.5) is 0 Å². The maximum Gasteiger partial charge on any atom is 0.283 e. The van der Waals surface area contributed by atoms with Crippen LogP contribution in [0.3, 0.4) is 0 Å². The van der Waals surface area contributed by atoms with Crippen LogP contribution in [-0.4, -0.2) is 43.0 Å². The molecule has 3 rings (SSSR count). The van der Waals surface area contributed by atoms with Crippen molar-refractivity contribution in [3.8, 4) is 5.75 Å². The average molecular weight is 449 g/mol. The Kier molecular flexibility index (Phi) is 6.53. The molecule has 6 nitrogen and oxygen atoms in total. The van der Waals surface area contributed by atoms with E-state index in [1.165, 1.54) is 0 Å². The SMILES string of the molecule is CC(C)(C)N1C(=O)C(=NCCCOc2ccccc2Cl)C(c2ccccc2)S1(=O)=O. The van der Waals surface area contributed by atoms with E-state index in [0.29, 0.717) is 29.4 Å². The van der Waals surface area contributed by atoms with Gasteiger partial charge in [0, 0.05) is 13.0 Å². The van der Waals surface area contributed by atoms with Crippen LogP contribution in [0.2, 0.25) is 5.02 Å². The summed E-state index contributed by atoms with van der Waals surface area (Å²) < 4.78 is 33.1. The van der Waals surface area contributed by atoms with Gasteiger partial charge in [0.1, 0.15) is 11.5 Å². The van der Waals surface area contributed by atoms with Crippen molar-refractivity contribution >= 4 is 33.2 Å². The summed E-state index contributed by atoms with van der Waals surface area (Å²) in [5, 5.41) is -0.583. The highest BCUT2D eigenvalue weighted by molar-refractivity contribution is 7.91. The van der Waals surface area contributed by atoms with E-state index in [9.17, 15) is 13.2 Å². The molecule has 8 heteroatoms. The molecule has 1 atom stereocenters. The van der Waals surface area contributed by atoms with Gasteiger partial charge in [0.2, 0.25) is 0 Å². The normalized spacial score (nSPS) is 20.0. The molecule has 0 spiro atoms. The first kappa shape index (κ1) is 22.3. The molecule has 0 saturated carbocycles. The van der Waals surface area contributed by atoms with Crippen molar-refractivity contribution in [3.05, 3.63) is 65.2 Å². The first-order valence-electron chi connectivity index (χ1n) is 9.69. The molecule has 1 unspecified atom stereocenters. The van der Waals surface area contributed by atoms with Crippen LogP contribution >= 0.6 is 11.6 Å². The zero-order valence-electron chi connectivity index (χ0n) is 17.2. The fourth-order valence-electron chi connectivity index (χ4n) is 3.38. The minimum absolute atomic E-state index is 0.0499. The number of carbonyl (C=O) groups excluding carboxylic acids is 1. The molecule has 0 radical (unpaired) electrons. The van der Waals surface area contributed by atoms with Crippen LogP contribution in [0.5, 0.6) is 5.75 Å². The Labute approximate surface area is 182 Å². The summed E-state index contributed by atoms with van der Waals surface area (Å²) >= 11 is 6.07. The topological polar surface area (TPSA) is 76.0 Å². The van der Waals surface area contributed by atoms with Gasteiger partial charge in [-0.25, -0.2) is 12.7 Å². The lowest BCUT2D eigenvalue weighted by molar-refractivity contribution is -0.122. The molecule has 1 heterocycles. The van der Waals surface area contributed by atoms with E-state index in [1.54, 1.807) is 63.2 Å². The highest BCUT2D eigenvalue weighted by atomic mass is 35.5. The van der Waals surface area contributed by atoms with Crippen molar-refractivity contribution in [2.45, 2.75) is 38.0 Å². The van der Waals surface area contributed by atoms with Gasteiger partial charge in [0.05, 0.1) is 17.2 Å². The van der Waals surface area contributed by atoms with Crippen molar-refractivity contribution in [1.29, 1.82) is 0 Å². The van der Waals surface area contributed by atoms with Crippen LogP contribution in [0, 0.1) is 0 Å². The predicted molar refractivity (Wildman–Crippen MR) is 119 cm³/mol.